The first-order valence-electron chi connectivity index (χ1n) is 14.8. The van der Waals surface area contributed by atoms with Gasteiger partial charge in [-0.1, -0.05) is 54.6 Å². The number of nitrogens with zero attached hydrogens (tertiary/aromatic N) is 1. The zero-order chi connectivity index (χ0) is 34.7. The monoisotopic (exact) mass is 669 g/mol. The molecule has 1 aromatic heterocycles. The Morgan fingerprint density at radius 2 is 1.50 bits per heavy atom. The number of rotatable bonds is 11. The van der Waals surface area contributed by atoms with Crippen LogP contribution in [0, 0.1) is 6.92 Å². The minimum absolute atomic E-state index is 0.161. The van der Waals surface area contributed by atoms with E-state index in [-0.39, 0.29) is 12.0 Å². The van der Waals surface area contributed by atoms with Gasteiger partial charge in [0.25, 0.3) is 5.56 Å². The number of nitrogens with one attached hydrogen (secondary N) is 2. The number of aromatic amines is 1. The number of ether oxygens (including phenoxy) is 4. The van der Waals surface area contributed by atoms with Crippen molar-refractivity contribution >= 4 is 5.91 Å². The van der Waals surface area contributed by atoms with Crippen molar-refractivity contribution < 1.29 is 42.0 Å². The second-order valence-electron chi connectivity index (χ2n) is 11.3. The number of carbonyl (C=O) groups excluding carboxylic acids is 1. The van der Waals surface area contributed by atoms with Crippen molar-refractivity contribution in [3.63, 3.8) is 0 Å². The third-order valence-electron chi connectivity index (χ3n) is 8.37. The Morgan fingerprint density at radius 3 is 2.02 bits per heavy atom. The van der Waals surface area contributed by atoms with Crippen molar-refractivity contribution in [2.75, 3.05) is 27.4 Å². The van der Waals surface area contributed by atoms with Gasteiger partial charge in [0, 0.05) is 18.2 Å². The lowest BCUT2D eigenvalue weighted by Crippen LogP contribution is -2.56. The molecular weight excluding hydrogens is 635 g/mol. The quantitative estimate of drug-likeness (QED) is 0.206. The summed E-state index contributed by atoms with van der Waals surface area (Å²) in [6, 6.07) is 23.0. The number of aliphatic hydroxyl groups excluding tert-OH is 1. The van der Waals surface area contributed by atoms with Gasteiger partial charge < -0.3 is 29.4 Å². The number of hydrogen-bond donors (Lipinski definition) is 3. The summed E-state index contributed by atoms with van der Waals surface area (Å²) in [5.41, 5.74) is -3.00. The Kier molecular flexibility index (Phi) is 9.80. The van der Waals surface area contributed by atoms with Crippen molar-refractivity contribution in [3.05, 3.63) is 128 Å². The minimum Gasteiger partial charge on any atom is -0.497 e. The molecule has 48 heavy (non-hydrogen) atoms. The summed E-state index contributed by atoms with van der Waals surface area (Å²) in [6.45, 7) is 0.0427. The molecule has 3 atom stereocenters. The topological polar surface area (TPSA) is 141 Å². The molecule has 1 aliphatic heterocycles. The molecule has 1 aliphatic rings. The number of H-pyrrole nitrogens is 1. The van der Waals surface area contributed by atoms with Crippen LogP contribution in [0.2, 0.25) is 0 Å². The molecule has 0 aliphatic carbocycles. The molecule has 1 unspecified atom stereocenters. The number of hydrogen-bond acceptors (Lipinski definition) is 8. The van der Waals surface area contributed by atoms with Gasteiger partial charge in [-0.3, -0.25) is 19.1 Å². The van der Waals surface area contributed by atoms with E-state index in [1.54, 1.807) is 60.7 Å². The lowest BCUT2D eigenvalue weighted by molar-refractivity contribution is -0.181. The van der Waals surface area contributed by atoms with E-state index < -0.39 is 60.0 Å². The number of halogens is 3. The Hall–Kier alpha value is -4.92. The van der Waals surface area contributed by atoms with E-state index >= 15 is 0 Å². The molecule has 0 bridgehead atoms. The molecule has 3 aromatic carbocycles. The van der Waals surface area contributed by atoms with Crippen molar-refractivity contribution in [2.24, 2.45) is 0 Å². The van der Waals surface area contributed by atoms with Crippen LogP contribution in [-0.4, -0.2) is 65.8 Å². The number of amides is 1. The smallest absolute Gasteiger partial charge is 0.471 e. The van der Waals surface area contributed by atoms with Crippen LogP contribution in [0.15, 0.2) is 94.6 Å². The number of aliphatic hydroxyl groups is 1. The fraction of sp³-hybridized carbons (Fsp3) is 0.324. The largest absolute Gasteiger partial charge is 0.497 e. The third-order valence-corrected chi connectivity index (χ3v) is 8.37. The van der Waals surface area contributed by atoms with E-state index in [1.807, 2.05) is 23.5 Å². The van der Waals surface area contributed by atoms with Crippen LogP contribution in [0.3, 0.4) is 0 Å². The maximum absolute atomic E-state index is 13.3. The van der Waals surface area contributed by atoms with E-state index in [2.05, 4.69) is 4.98 Å². The standard InChI is InChI=1S/C34H34F3N3O8/c1-21-18-40(31(44)39-29(21)42)28-17-27(41)32(48-28,19-38-30(43)34(35,36)37)20-47-33(22-7-5-4-6-8-22,23-9-13-25(45-2)14-10-23)24-11-15-26(46-3)16-12-24/h4-16,18,27-28,41H,17,19-20H2,1-3H3,(H,38,43)(H,39,42,44)/t27?,28-,32-/m1/s1. The van der Waals surface area contributed by atoms with Crippen LogP contribution in [0.1, 0.15) is 34.9 Å². The summed E-state index contributed by atoms with van der Waals surface area (Å²) in [5, 5.41) is 13.3. The lowest BCUT2D eigenvalue weighted by atomic mass is 9.79. The molecule has 4 aromatic rings. The fourth-order valence-corrected chi connectivity index (χ4v) is 5.75. The van der Waals surface area contributed by atoms with Gasteiger partial charge in [-0.15, -0.1) is 0 Å². The van der Waals surface area contributed by atoms with Crippen LogP contribution in [0.5, 0.6) is 11.5 Å². The molecule has 0 spiro atoms. The SMILES string of the molecule is COc1ccc(C(OC[C@@]2(CNC(=O)C(F)(F)F)O[C@@H](n3cc(C)c(=O)[nH]c3=O)CC2O)(c2ccccc2)c2ccc(OC)cc2)cc1. The van der Waals surface area contributed by atoms with Crippen LogP contribution in [0.4, 0.5) is 13.2 Å². The van der Waals surface area contributed by atoms with Crippen molar-refractivity contribution in [1.29, 1.82) is 0 Å². The summed E-state index contributed by atoms with van der Waals surface area (Å²) < 4.78 is 64.8. The lowest BCUT2D eigenvalue weighted by Gasteiger charge is -2.40. The van der Waals surface area contributed by atoms with Crippen molar-refractivity contribution in [3.8, 4) is 11.5 Å². The predicted molar refractivity (Wildman–Crippen MR) is 167 cm³/mol. The van der Waals surface area contributed by atoms with Crippen LogP contribution >= 0.6 is 0 Å². The number of carbonyl (C=O) groups is 1. The summed E-state index contributed by atoms with van der Waals surface area (Å²) in [4.78, 5) is 38.9. The van der Waals surface area contributed by atoms with Gasteiger partial charge in [-0.05, 0) is 47.9 Å². The highest BCUT2D eigenvalue weighted by Crippen LogP contribution is 2.44. The van der Waals surface area contributed by atoms with Crippen LogP contribution in [-0.2, 0) is 19.9 Å². The zero-order valence-corrected chi connectivity index (χ0v) is 26.2. The zero-order valence-electron chi connectivity index (χ0n) is 26.2. The average molecular weight is 670 g/mol. The first-order chi connectivity index (χ1) is 22.8. The molecule has 2 heterocycles. The van der Waals surface area contributed by atoms with Crippen LogP contribution < -0.4 is 26.0 Å². The molecule has 254 valence electrons. The minimum atomic E-state index is -5.22. The fourth-order valence-electron chi connectivity index (χ4n) is 5.75. The number of aryl methyl sites for hydroxylation is 1. The first kappa shape index (κ1) is 34.4. The molecule has 0 radical (unpaired) electrons. The predicted octanol–water partition coefficient (Wildman–Crippen LogP) is 3.57. The second-order valence-corrected chi connectivity index (χ2v) is 11.3. The number of alkyl halides is 3. The normalized spacial score (nSPS) is 19.6. The van der Waals surface area contributed by atoms with Crippen LogP contribution in [0.25, 0.3) is 0 Å². The van der Waals surface area contributed by atoms with Gasteiger partial charge in [0.05, 0.1) is 33.5 Å². The molecule has 3 N–H and O–H groups in total. The van der Waals surface area contributed by atoms with Gasteiger partial charge in [-0.25, -0.2) is 4.79 Å². The summed E-state index contributed by atoms with van der Waals surface area (Å²) in [5.74, 6) is -1.14. The molecule has 1 amide bonds. The molecule has 1 saturated heterocycles. The average Bonchev–Trinajstić information content (AvgIpc) is 3.41. The van der Waals surface area contributed by atoms with E-state index in [1.165, 1.54) is 27.3 Å². The molecule has 11 nitrogen and oxygen atoms in total. The second kappa shape index (κ2) is 13.7. The first-order valence-corrected chi connectivity index (χ1v) is 14.8. The number of benzene rings is 3. The Balaban J connectivity index is 1.64. The maximum Gasteiger partial charge on any atom is 0.471 e. The van der Waals surface area contributed by atoms with Gasteiger partial charge >= 0.3 is 17.8 Å². The van der Waals surface area contributed by atoms with E-state index in [0.717, 1.165) is 4.57 Å². The summed E-state index contributed by atoms with van der Waals surface area (Å²) in [6.07, 6.45) is -7.05. The molecule has 0 saturated carbocycles. The van der Waals surface area contributed by atoms with Crippen molar-refractivity contribution in [1.82, 2.24) is 14.9 Å². The van der Waals surface area contributed by atoms with Gasteiger partial charge in [0.15, 0.2) is 0 Å². The summed E-state index contributed by atoms with van der Waals surface area (Å²) >= 11 is 0. The molecule has 14 heteroatoms. The summed E-state index contributed by atoms with van der Waals surface area (Å²) in [7, 11) is 3.03. The highest BCUT2D eigenvalue weighted by atomic mass is 19.4. The Bertz CT molecular complexity index is 1800. The number of methoxy groups -OCH3 is 2. The molecule has 1 fully saturated rings. The number of aromatic nitrogens is 2. The van der Waals surface area contributed by atoms with Gasteiger partial charge in [0.1, 0.15) is 28.9 Å². The Labute approximate surface area is 272 Å². The van der Waals surface area contributed by atoms with Gasteiger partial charge in [-0.2, -0.15) is 13.2 Å². The molecule has 5 rings (SSSR count). The Morgan fingerprint density at radius 1 is 0.958 bits per heavy atom. The highest BCUT2D eigenvalue weighted by Gasteiger charge is 2.53. The van der Waals surface area contributed by atoms with Gasteiger partial charge in [0.2, 0.25) is 0 Å². The maximum atomic E-state index is 13.3. The molecular formula is C34H34F3N3O8. The van der Waals surface area contributed by atoms with E-state index in [9.17, 15) is 32.7 Å². The van der Waals surface area contributed by atoms with E-state index in [0.29, 0.717) is 28.2 Å². The third kappa shape index (κ3) is 6.72. The highest BCUT2D eigenvalue weighted by molar-refractivity contribution is 5.81. The van der Waals surface area contributed by atoms with E-state index in [4.69, 9.17) is 18.9 Å². The van der Waals surface area contributed by atoms with Crippen molar-refractivity contribution in [2.45, 2.75) is 43.1 Å².